The highest BCUT2D eigenvalue weighted by molar-refractivity contribution is 5.99. The number of carbonyl (C=O) groups excluding carboxylic acids is 3. The molecule has 3 N–H and O–H groups in total. The zero-order valence-corrected chi connectivity index (χ0v) is 21.6. The van der Waals surface area contributed by atoms with E-state index in [9.17, 15) is 24.8 Å². The van der Waals surface area contributed by atoms with E-state index in [1.54, 1.807) is 45.0 Å². The van der Waals surface area contributed by atoms with Gasteiger partial charge >= 0.3 is 6.09 Å². The predicted octanol–water partition coefficient (Wildman–Crippen LogP) is 3.53. The van der Waals surface area contributed by atoms with Crippen LogP contribution in [0.25, 0.3) is 0 Å². The molecule has 3 amide bonds. The average Bonchev–Trinajstić information content (AvgIpc) is 2.76. The Morgan fingerprint density at radius 2 is 1.69 bits per heavy atom. The molecule has 0 bridgehead atoms. The summed E-state index contributed by atoms with van der Waals surface area (Å²) < 4.78 is 5.20. The Labute approximate surface area is 212 Å². The molecular weight excluding hydrogens is 460 g/mol. The van der Waals surface area contributed by atoms with Gasteiger partial charge in [-0.1, -0.05) is 47.5 Å². The highest BCUT2D eigenvalue weighted by atomic mass is 16.6. The normalized spacial score (nSPS) is 12.6. The number of aliphatic hydroxyl groups is 1. The average molecular weight is 495 g/mol. The first-order valence-corrected chi connectivity index (χ1v) is 11.6. The Hall–Kier alpha value is -3.90. The molecule has 192 valence electrons. The van der Waals surface area contributed by atoms with Crippen molar-refractivity contribution in [1.29, 1.82) is 5.26 Å². The second-order valence-corrected chi connectivity index (χ2v) is 9.63. The standard InChI is InChI=1S/C27H34N4O5/c1-17-13-18(2)15-20(14-17)23(24(33)29-21-10-8-7-9-19(21)3)31(12-11-28)25(34)22(16-32)30-26(35)36-27(4,5)6/h7-10,13-15,22-23,32H,12,16H2,1-6H3,(H,29,33)(H,30,35). The van der Waals surface area contributed by atoms with Crippen LogP contribution in [0.2, 0.25) is 0 Å². The van der Waals surface area contributed by atoms with Gasteiger partial charge in [-0.2, -0.15) is 5.26 Å². The molecule has 2 unspecified atom stereocenters. The van der Waals surface area contributed by atoms with Crippen molar-refractivity contribution in [2.24, 2.45) is 0 Å². The van der Waals surface area contributed by atoms with E-state index < -0.39 is 48.7 Å². The third-order valence-corrected chi connectivity index (χ3v) is 5.22. The first-order valence-electron chi connectivity index (χ1n) is 11.6. The van der Waals surface area contributed by atoms with Crippen LogP contribution >= 0.6 is 0 Å². The molecule has 0 spiro atoms. The number of nitrogens with zero attached hydrogens (tertiary/aromatic N) is 2. The van der Waals surface area contributed by atoms with E-state index in [-0.39, 0.29) is 0 Å². The SMILES string of the molecule is Cc1cc(C)cc(C(C(=O)Nc2ccccc2C)N(CC#N)C(=O)C(CO)NC(=O)OC(C)(C)C)c1. The predicted molar refractivity (Wildman–Crippen MR) is 136 cm³/mol. The van der Waals surface area contributed by atoms with Gasteiger partial charge in [0, 0.05) is 5.69 Å². The van der Waals surface area contributed by atoms with Crippen molar-refractivity contribution in [3.8, 4) is 6.07 Å². The molecule has 36 heavy (non-hydrogen) atoms. The second-order valence-electron chi connectivity index (χ2n) is 9.63. The number of rotatable bonds is 8. The largest absolute Gasteiger partial charge is 0.444 e. The minimum atomic E-state index is -1.42. The van der Waals surface area contributed by atoms with Crippen LogP contribution in [0.1, 0.15) is 49.1 Å². The Bertz CT molecular complexity index is 1130. The summed E-state index contributed by atoms with van der Waals surface area (Å²) in [5.41, 5.74) is 2.79. The van der Waals surface area contributed by atoms with Crippen molar-refractivity contribution in [3.63, 3.8) is 0 Å². The zero-order chi connectivity index (χ0) is 27.0. The molecular formula is C27H34N4O5. The van der Waals surface area contributed by atoms with Gasteiger partial charge in [-0.15, -0.1) is 0 Å². The lowest BCUT2D eigenvalue weighted by atomic mass is 9.98. The fraction of sp³-hybridized carbons (Fsp3) is 0.407. The summed E-state index contributed by atoms with van der Waals surface area (Å²) in [5.74, 6) is -1.33. The maximum absolute atomic E-state index is 13.6. The molecule has 9 nitrogen and oxygen atoms in total. The summed E-state index contributed by atoms with van der Waals surface area (Å²) >= 11 is 0. The third-order valence-electron chi connectivity index (χ3n) is 5.22. The number of alkyl carbamates (subject to hydrolysis) is 1. The van der Waals surface area contributed by atoms with Crippen LogP contribution in [0.3, 0.4) is 0 Å². The molecule has 9 heteroatoms. The summed E-state index contributed by atoms with van der Waals surface area (Å²) in [5, 5.41) is 24.7. The maximum atomic E-state index is 13.6. The highest BCUT2D eigenvalue weighted by Crippen LogP contribution is 2.27. The van der Waals surface area contributed by atoms with Gasteiger partial charge in [0.05, 0.1) is 12.7 Å². The van der Waals surface area contributed by atoms with Crippen LogP contribution in [0.4, 0.5) is 10.5 Å². The lowest BCUT2D eigenvalue weighted by Crippen LogP contribution is -2.54. The van der Waals surface area contributed by atoms with Crippen molar-refractivity contribution in [3.05, 3.63) is 64.7 Å². The summed E-state index contributed by atoms with van der Waals surface area (Å²) in [6.07, 6.45) is -0.904. The number of ether oxygens (including phenoxy) is 1. The van der Waals surface area contributed by atoms with Crippen molar-refractivity contribution in [2.75, 3.05) is 18.5 Å². The van der Waals surface area contributed by atoms with Gasteiger partial charge in [-0.3, -0.25) is 9.59 Å². The minimum Gasteiger partial charge on any atom is -0.444 e. The number of nitriles is 1. The smallest absolute Gasteiger partial charge is 0.408 e. The van der Waals surface area contributed by atoms with Crippen molar-refractivity contribution >= 4 is 23.6 Å². The van der Waals surface area contributed by atoms with Crippen molar-refractivity contribution in [1.82, 2.24) is 10.2 Å². The van der Waals surface area contributed by atoms with Crippen molar-refractivity contribution < 1.29 is 24.2 Å². The van der Waals surface area contributed by atoms with Crippen LogP contribution in [-0.2, 0) is 14.3 Å². The molecule has 2 atom stereocenters. The van der Waals surface area contributed by atoms with Crippen LogP contribution in [0, 0.1) is 32.1 Å². The summed E-state index contributed by atoms with van der Waals surface area (Å²) in [6, 6.07) is 12.0. The monoisotopic (exact) mass is 494 g/mol. The number of carbonyl (C=O) groups is 3. The lowest BCUT2D eigenvalue weighted by molar-refractivity contribution is -0.140. The molecule has 2 aromatic rings. The summed E-state index contributed by atoms with van der Waals surface area (Å²) in [7, 11) is 0. The van der Waals surface area contributed by atoms with Gasteiger partial charge in [-0.05, 0) is 58.7 Å². The van der Waals surface area contributed by atoms with E-state index in [1.165, 1.54) is 0 Å². The molecule has 0 fully saturated rings. The van der Waals surface area contributed by atoms with Crippen LogP contribution in [-0.4, -0.2) is 52.7 Å². The number of anilines is 1. The molecule has 0 heterocycles. The first-order chi connectivity index (χ1) is 16.9. The Morgan fingerprint density at radius 3 is 2.22 bits per heavy atom. The van der Waals surface area contributed by atoms with E-state index >= 15 is 0 Å². The van der Waals surface area contributed by atoms with Crippen LogP contribution in [0.5, 0.6) is 0 Å². The molecule has 0 saturated heterocycles. The third kappa shape index (κ3) is 7.82. The first kappa shape index (κ1) is 28.3. The molecule has 0 saturated carbocycles. The van der Waals surface area contributed by atoms with Gasteiger partial charge in [-0.25, -0.2) is 4.79 Å². The Kier molecular flexibility index (Phi) is 9.59. The minimum absolute atomic E-state index is 0.454. The number of hydrogen-bond donors (Lipinski definition) is 3. The van der Waals surface area contributed by atoms with E-state index in [1.807, 2.05) is 45.0 Å². The van der Waals surface area contributed by atoms with Crippen LogP contribution in [0.15, 0.2) is 42.5 Å². The van der Waals surface area contributed by atoms with E-state index in [0.717, 1.165) is 21.6 Å². The number of aryl methyl sites for hydroxylation is 3. The molecule has 2 rings (SSSR count). The topological polar surface area (TPSA) is 132 Å². The van der Waals surface area contributed by atoms with E-state index in [4.69, 9.17) is 4.74 Å². The number of nitrogens with one attached hydrogen (secondary N) is 2. The molecule has 0 aromatic heterocycles. The number of para-hydroxylation sites is 1. The van der Waals surface area contributed by atoms with Gasteiger partial charge in [0.1, 0.15) is 24.2 Å². The number of benzene rings is 2. The van der Waals surface area contributed by atoms with Crippen molar-refractivity contribution in [2.45, 2.75) is 59.2 Å². The molecule has 0 aliphatic rings. The zero-order valence-electron chi connectivity index (χ0n) is 21.6. The van der Waals surface area contributed by atoms with E-state index in [0.29, 0.717) is 11.3 Å². The quantitative estimate of drug-likeness (QED) is 0.481. The van der Waals surface area contributed by atoms with Crippen LogP contribution < -0.4 is 10.6 Å². The fourth-order valence-corrected chi connectivity index (χ4v) is 3.76. The Balaban J connectivity index is 2.51. The van der Waals surface area contributed by atoms with Gasteiger partial charge in [0.2, 0.25) is 5.91 Å². The molecule has 0 aliphatic carbocycles. The molecule has 0 radical (unpaired) electrons. The van der Waals surface area contributed by atoms with Gasteiger partial charge in [0.15, 0.2) is 0 Å². The fourth-order valence-electron chi connectivity index (χ4n) is 3.76. The lowest BCUT2D eigenvalue weighted by Gasteiger charge is -2.32. The molecule has 2 aromatic carbocycles. The van der Waals surface area contributed by atoms with Gasteiger partial charge in [0.25, 0.3) is 5.91 Å². The Morgan fingerprint density at radius 1 is 1.08 bits per heavy atom. The van der Waals surface area contributed by atoms with E-state index in [2.05, 4.69) is 10.6 Å². The summed E-state index contributed by atoms with van der Waals surface area (Å²) in [6.45, 7) is 9.35. The number of amides is 3. The second kappa shape index (κ2) is 12.2. The number of hydrogen-bond acceptors (Lipinski definition) is 6. The maximum Gasteiger partial charge on any atom is 0.408 e. The van der Waals surface area contributed by atoms with Gasteiger partial charge < -0.3 is 25.4 Å². The molecule has 0 aliphatic heterocycles. The summed E-state index contributed by atoms with van der Waals surface area (Å²) in [4.78, 5) is 40.5. The number of aliphatic hydroxyl groups excluding tert-OH is 1. The highest BCUT2D eigenvalue weighted by Gasteiger charge is 2.36.